The Kier molecular flexibility index (Phi) is 1.81. The number of aromatic nitrogens is 2. The number of fused-ring (bicyclic) bond motifs is 1. The molecule has 1 aromatic carbocycles. The first-order valence-electron chi connectivity index (χ1n) is 4.87. The zero-order valence-corrected chi connectivity index (χ0v) is 8.10. The first-order chi connectivity index (χ1) is 7.42. The summed E-state index contributed by atoms with van der Waals surface area (Å²) in [5, 5.41) is 1.14. The number of benzene rings is 1. The van der Waals surface area contributed by atoms with Crippen molar-refractivity contribution in [2.75, 3.05) is 0 Å². The van der Waals surface area contributed by atoms with Crippen molar-refractivity contribution >= 4 is 11.0 Å². The van der Waals surface area contributed by atoms with E-state index >= 15 is 0 Å². The van der Waals surface area contributed by atoms with E-state index in [9.17, 15) is 0 Å². The van der Waals surface area contributed by atoms with Crippen LogP contribution < -0.4 is 0 Å². The second-order valence-electron chi connectivity index (χ2n) is 3.49. The molecule has 0 saturated heterocycles. The lowest BCUT2D eigenvalue weighted by Gasteiger charge is -1.89. The zero-order valence-electron chi connectivity index (χ0n) is 8.10. The number of imidazole rings is 1. The third kappa shape index (κ3) is 1.52. The number of aromatic amines is 1. The number of hydrogen-bond acceptors (Lipinski definition) is 2. The highest BCUT2D eigenvalue weighted by Crippen LogP contribution is 2.20. The van der Waals surface area contributed by atoms with E-state index in [-0.39, 0.29) is 0 Å². The van der Waals surface area contributed by atoms with Crippen LogP contribution in [0.2, 0.25) is 0 Å². The minimum absolute atomic E-state index is 0.734. The van der Waals surface area contributed by atoms with Crippen LogP contribution in [0.4, 0.5) is 0 Å². The average Bonchev–Trinajstić information content (AvgIpc) is 2.86. The van der Waals surface area contributed by atoms with E-state index in [4.69, 9.17) is 4.42 Å². The molecule has 0 atom stereocenters. The van der Waals surface area contributed by atoms with E-state index in [1.807, 2.05) is 30.5 Å². The minimum Gasteiger partial charge on any atom is -0.461 e. The first kappa shape index (κ1) is 8.29. The van der Waals surface area contributed by atoms with E-state index in [1.54, 1.807) is 6.33 Å². The Balaban J connectivity index is 1.98. The molecule has 3 aromatic rings. The molecule has 0 unspecified atom stereocenters. The summed E-state index contributed by atoms with van der Waals surface area (Å²) in [5.41, 5.74) is 1.93. The molecule has 0 aliphatic heterocycles. The molecule has 74 valence electrons. The Labute approximate surface area is 86.8 Å². The van der Waals surface area contributed by atoms with Crippen molar-refractivity contribution < 1.29 is 4.42 Å². The summed E-state index contributed by atoms with van der Waals surface area (Å²) in [5.74, 6) is 0.948. The maximum Gasteiger partial charge on any atom is 0.134 e. The fraction of sp³-hybridized carbons (Fsp3) is 0.0833. The van der Waals surface area contributed by atoms with Gasteiger partial charge >= 0.3 is 0 Å². The fourth-order valence-electron chi connectivity index (χ4n) is 1.69. The van der Waals surface area contributed by atoms with Crippen molar-refractivity contribution in [1.29, 1.82) is 0 Å². The Hall–Kier alpha value is -2.03. The molecule has 1 N–H and O–H groups in total. The fourth-order valence-corrected chi connectivity index (χ4v) is 1.69. The van der Waals surface area contributed by atoms with E-state index in [2.05, 4.69) is 16.0 Å². The summed E-state index contributed by atoms with van der Waals surface area (Å²) >= 11 is 0. The molecule has 0 aliphatic carbocycles. The summed E-state index contributed by atoms with van der Waals surface area (Å²) in [6.45, 7) is 0. The molecule has 3 nitrogen and oxygen atoms in total. The van der Waals surface area contributed by atoms with Gasteiger partial charge in [0.05, 0.1) is 12.0 Å². The average molecular weight is 198 g/mol. The second-order valence-corrected chi connectivity index (χ2v) is 3.49. The quantitative estimate of drug-likeness (QED) is 0.687. The van der Waals surface area contributed by atoms with E-state index < -0.39 is 0 Å². The van der Waals surface area contributed by atoms with E-state index in [1.165, 1.54) is 0 Å². The van der Waals surface area contributed by atoms with Crippen molar-refractivity contribution in [2.45, 2.75) is 6.42 Å². The molecule has 0 spiro atoms. The van der Waals surface area contributed by atoms with Gasteiger partial charge in [-0.05, 0) is 12.1 Å². The molecule has 0 radical (unpaired) electrons. The standard InChI is InChI=1S/C12H10N2O/c1-2-4-12-9(3-1)5-11(15-12)6-10-7-13-8-14-10/h1-5,7-8H,6H2,(H,13,14). The van der Waals surface area contributed by atoms with Crippen molar-refractivity contribution in [3.8, 4) is 0 Å². The number of furan rings is 1. The maximum absolute atomic E-state index is 5.69. The first-order valence-corrected chi connectivity index (χ1v) is 4.87. The van der Waals surface area contributed by atoms with Gasteiger partial charge in [0.1, 0.15) is 11.3 Å². The highest BCUT2D eigenvalue weighted by Gasteiger charge is 2.04. The summed E-state index contributed by atoms with van der Waals surface area (Å²) in [6.07, 6.45) is 4.29. The number of para-hydroxylation sites is 1. The number of hydrogen-bond donors (Lipinski definition) is 1. The zero-order chi connectivity index (χ0) is 10.1. The lowest BCUT2D eigenvalue weighted by molar-refractivity contribution is 0.561. The van der Waals surface area contributed by atoms with Gasteiger partial charge < -0.3 is 9.40 Å². The van der Waals surface area contributed by atoms with Gasteiger partial charge in [0.25, 0.3) is 0 Å². The van der Waals surface area contributed by atoms with Crippen molar-refractivity contribution in [3.05, 3.63) is 54.3 Å². The topological polar surface area (TPSA) is 41.8 Å². The minimum atomic E-state index is 0.734. The van der Waals surface area contributed by atoms with E-state index in [0.29, 0.717) is 0 Å². The molecule has 0 fully saturated rings. The third-order valence-electron chi connectivity index (χ3n) is 2.39. The van der Waals surface area contributed by atoms with Crippen LogP contribution in [0.5, 0.6) is 0 Å². The second kappa shape index (κ2) is 3.28. The molecule has 0 bridgehead atoms. The highest BCUT2D eigenvalue weighted by atomic mass is 16.3. The highest BCUT2D eigenvalue weighted by molar-refractivity contribution is 5.77. The molecule has 15 heavy (non-hydrogen) atoms. The van der Waals surface area contributed by atoms with Crippen LogP contribution in [0.3, 0.4) is 0 Å². The smallest absolute Gasteiger partial charge is 0.134 e. The van der Waals surface area contributed by atoms with Crippen LogP contribution in [0.15, 0.2) is 47.3 Å². The molecule has 0 aliphatic rings. The van der Waals surface area contributed by atoms with Crippen molar-refractivity contribution in [1.82, 2.24) is 9.97 Å². The molecule has 3 rings (SSSR count). The number of H-pyrrole nitrogens is 1. The largest absolute Gasteiger partial charge is 0.461 e. The molecular weight excluding hydrogens is 188 g/mol. The van der Waals surface area contributed by atoms with Crippen LogP contribution in [0.25, 0.3) is 11.0 Å². The van der Waals surface area contributed by atoms with Crippen molar-refractivity contribution in [3.63, 3.8) is 0 Å². The third-order valence-corrected chi connectivity index (χ3v) is 2.39. The van der Waals surface area contributed by atoms with Gasteiger partial charge in [-0.2, -0.15) is 0 Å². The lowest BCUT2D eigenvalue weighted by atomic mass is 10.2. The normalized spacial score (nSPS) is 10.9. The lowest BCUT2D eigenvalue weighted by Crippen LogP contribution is -1.83. The Morgan fingerprint density at radius 2 is 2.20 bits per heavy atom. The summed E-state index contributed by atoms with van der Waals surface area (Å²) in [7, 11) is 0. The van der Waals surface area contributed by atoms with Crippen LogP contribution in [0.1, 0.15) is 11.5 Å². The van der Waals surface area contributed by atoms with Gasteiger partial charge in [0.2, 0.25) is 0 Å². The Morgan fingerprint density at radius 1 is 1.27 bits per heavy atom. The van der Waals surface area contributed by atoms with Crippen LogP contribution in [0, 0.1) is 0 Å². The SMILES string of the molecule is c1ccc2oc(Cc3c[nH]cn3)cc2c1. The van der Waals surface area contributed by atoms with Gasteiger partial charge in [-0.15, -0.1) is 0 Å². The van der Waals surface area contributed by atoms with Gasteiger partial charge in [-0.25, -0.2) is 4.98 Å². The van der Waals surface area contributed by atoms with Crippen LogP contribution in [-0.2, 0) is 6.42 Å². The number of nitrogens with zero attached hydrogens (tertiary/aromatic N) is 1. The van der Waals surface area contributed by atoms with Gasteiger partial charge in [-0.1, -0.05) is 18.2 Å². The molecular formula is C12H10N2O. The molecule has 2 heterocycles. The maximum atomic E-state index is 5.69. The van der Waals surface area contributed by atoms with Crippen LogP contribution >= 0.6 is 0 Å². The number of nitrogens with one attached hydrogen (secondary N) is 1. The summed E-state index contributed by atoms with van der Waals surface area (Å²) in [4.78, 5) is 7.10. The predicted molar refractivity (Wildman–Crippen MR) is 57.6 cm³/mol. The van der Waals surface area contributed by atoms with E-state index in [0.717, 1.165) is 28.8 Å². The van der Waals surface area contributed by atoms with Gasteiger partial charge in [0.15, 0.2) is 0 Å². The van der Waals surface area contributed by atoms with Crippen LogP contribution in [-0.4, -0.2) is 9.97 Å². The molecule has 0 amide bonds. The summed E-state index contributed by atoms with van der Waals surface area (Å²) < 4.78 is 5.69. The molecule has 0 saturated carbocycles. The van der Waals surface area contributed by atoms with Gasteiger partial charge in [0, 0.05) is 18.0 Å². The summed E-state index contributed by atoms with van der Waals surface area (Å²) in [6, 6.07) is 10.1. The monoisotopic (exact) mass is 198 g/mol. The van der Waals surface area contributed by atoms with Gasteiger partial charge in [-0.3, -0.25) is 0 Å². The Bertz CT molecular complexity index is 533. The number of rotatable bonds is 2. The molecule has 3 heteroatoms. The molecule has 2 aromatic heterocycles. The Morgan fingerprint density at radius 3 is 3.00 bits per heavy atom. The van der Waals surface area contributed by atoms with Crippen molar-refractivity contribution in [2.24, 2.45) is 0 Å². The predicted octanol–water partition coefficient (Wildman–Crippen LogP) is 2.75.